The Hall–Kier alpha value is -2.27. The van der Waals surface area contributed by atoms with Crippen LogP contribution in [0.25, 0.3) is 0 Å². The lowest BCUT2D eigenvalue weighted by Crippen LogP contribution is -2.07. The van der Waals surface area contributed by atoms with Crippen LogP contribution in [0.3, 0.4) is 0 Å². The van der Waals surface area contributed by atoms with Gasteiger partial charge in [-0.25, -0.2) is 4.79 Å². The van der Waals surface area contributed by atoms with Crippen LogP contribution in [0.15, 0.2) is 58.5 Å². The minimum absolute atomic E-state index is 0.264. The molecule has 0 heterocycles. The first-order chi connectivity index (χ1) is 12.2. The van der Waals surface area contributed by atoms with Crippen LogP contribution >= 0.6 is 11.8 Å². The Morgan fingerprint density at radius 2 is 1.72 bits per heavy atom. The van der Waals surface area contributed by atoms with E-state index in [0.717, 1.165) is 16.5 Å². The summed E-state index contributed by atoms with van der Waals surface area (Å²) in [5.41, 5.74) is 4.96. The summed E-state index contributed by atoms with van der Waals surface area (Å²) >= 11 is 1.99. The maximum atomic E-state index is 10.8. The summed E-state index contributed by atoms with van der Waals surface area (Å²) in [5.74, 6) is -0.929. The Morgan fingerprint density at radius 1 is 1.04 bits per heavy atom. The van der Waals surface area contributed by atoms with Gasteiger partial charge >= 0.3 is 5.97 Å². The first-order valence-corrected chi connectivity index (χ1v) is 9.48. The molecule has 0 unspecified atom stereocenters. The van der Waals surface area contributed by atoms with E-state index in [0.29, 0.717) is 0 Å². The molecule has 130 valence electrons. The molecule has 0 aliphatic heterocycles. The quantitative estimate of drug-likeness (QED) is 0.549. The van der Waals surface area contributed by atoms with Crippen LogP contribution in [0.1, 0.15) is 48.0 Å². The smallest absolute Gasteiger partial charge is 0.335 e. The van der Waals surface area contributed by atoms with Crippen LogP contribution in [0.5, 0.6) is 0 Å². The molecule has 0 spiro atoms. The predicted octanol–water partition coefficient (Wildman–Crippen LogP) is 5.26. The molecule has 2 aromatic carbocycles. The molecule has 4 nitrogen and oxygen atoms in total. The van der Waals surface area contributed by atoms with E-state index >= 15 is 0 Å². The molecule has 2 N–H and O–H groups in total. The first-order valence-electron chi connectivity index (χ1n) is 8.60. The fourth-order valence-corrected chi connectivity index (χ4v) is 4.12. The van der Waals surface area contributed by atoms with Crippen molar-refractivity contribution in [3.8, 4) is 0 Å². The average Bonchev–Trinajstić information content (AvgIpc) is 2.64. The van der Waals surface area contributed by atoms with Crippen molar-refractivity contribution in [2.24, 2.45) is 5.10 Å². The zero-order valence-electron chi connectivity index (χ0n) is 14.0. The third-order valence-electron chi connectivity index (χ3n) is 4.27. The van der Waals surface area contributed by atoms with Crippen LogP contribution < -0.4 is 5.43 Å². The molecule has 1 saturated carbocycles. The summed E-state index contributed by atoms with van der Waals surface area (Å²) in [6.07, 6.45) is 8.54. The van der Waals surface area contributed by atoms with Crippen molar-refractivity contribution < 1.29 is 9.90 Å². The zero-order chi connectivity index (χ0) is 17.5. The molecule has 25 heavy (non-hydrogen) atoms. The molecule has 1 aliphatic rings. The summed E-state index contributed by atoms with van der Waals surface area (Å²) in [4.78, 5) is 12.1. The van der Waals surface area contributed by atoms with Gasteiger partial charge in [0.15, 0.2) is 0 Å². The first kappa shape index (κ1) is 17.5. The van der Waals surface area contributed by atoms with Crippen molar-refractivity contribution >= 4 is 29.6 Å². The lowest BCUT2D eigenvalue weighted by atomic mass is 10.0. The second-order valence-electron chi connectivity index (χ2n) is 6.20. The van der Waals surface area contributed by atoms with Gasteiger partial charge in [0.25, 0.3) is 0 Å². The van der Waals surface area contributed by atoms with E-state index in [1.807, 2.05) is 11.8 Å². The number of nitrogens with one attached hydrogen (secondary N) is 1. The lowest BCUT2D eigenvalue weighted by molar-refractivity contribution is 0.0697. The third kappa shape index (κ3) is 5.36. The van der Waals surface area contributed by atoms with E-state index in [2.05, 4.69) is 34.8 Å². The topological polar surface area (TPSA) is 61.7 Å². The largest absolute Gasteiger partial charge is 0.478 e. The molecule has 0 saturated heterocycles. The van der Waals surface area contributed by atoms with E-state index in [4.69, 9.17) is 5.11 Å². The van der Waals surface area contributed by atoms with E-state index in [9.17, 15) is 4.79 Å². The molecule has 2 aromatic rings. The molecule has 0 atom stereocenters. The SMILES string of the molecule is O=C(O)c1ccc(NN=Cc2ccc(SC3CCCCC3)cc2)cc1. The van der Waals surface area contributed by atoms with Gasteiger partial charge in [0.05, 0.1) is 17.5 Å². The number of benzene rings is 2. The molecule has 0 radical (unpaired) electrons. The highest BCUT2D eigenvalue weighted by atomic mass is 32.2. The Morgan fingerprint density at radius 3 is 2.36 bits per heavy atom. The number of anilines is 1. The number of nitrogens with zero attached hydrogens (tertiary/aromatic N) is 1. The van der Waals surface area contributed by atoms with Gasteiger partial charge < -0.3 is 5.11 Å². The van der Waals surface area contributed by atoms with Gasteiger partial charge in [-0.15, -0.1) is 11.8 Å². The summed E-state index contributed by atoms with van der Waals surface area (Å²) in [7, 11) is 0. The number of carboxylic acid groups (broad SMARTS) is 1. The van der Waals surface area contributed by atoms with Crippen molar-refractivity contribution in [2.45, 2.75) is 42.2 Å². The van der Waals surface area contributed by atoms with E-state index in [1.165, 1.54) is 37.0 Å². The number of rotatable bonds is 6. The summed E-state index contributed by atoms with van der Waals surface area (Å²) < 4.78 is 0. The van der Waals surface area contributed by atoms with Gasteiger partial charge in [-0.2, -0.15) is 5.10 Å². The second kappa shape index (κ2) is 8.72. The van der Waals surface area contributed by atoms with Gasteiger partial charge in [0.1, 0.15) is 0 Å². The number of aromatic carboxylic acids is 1. The molecule has 0 amide bonds. The highest BCUT2D eigenvalue weighted by Crippen LogP contribution is 2.33. The van der Waals surface area contributed by atoms with Crippen LogP contribution in [0, 0.1) is 0 Å². The fourth-order valence-electron chi connectivity index (χ4n) is 2.88. The van der Waals surface area contributed by atoms with Gasteiger partial charge in [0, 0.05) is 10.1 Å². The van der Waals surface area contributed by atoms with E-state index in [-0.39, 0.29) is 5.56 Å². The summed E-state index contributed by atoms with van der Waals surface area (Å²) in [6.45, 7) is 0. The molecule has 3 rings (SSSR count). The molecule has 0 bridgehead atoms. The Kier molecular flexibility index (Phi) is 6.12. The van der Waals surface area contributed by atoms with Crippen molar-refractivity contribution in [3.63, 3.8) is 0 Å². The monoisotopic (exact) mass is 354 g/mol. The lowest BCUT2D eigenvalue weighted by Gasteiger charge is -2.20. The van der Waals surface area contributed by atoms with Crippen molar-refractivity contribution in [3.05, 3.63) is 59.7 Å². The molecule has 1 fully saturated rings. The van der Waals surface area contributed by atoms with Gasteiger partial charge in [-0.1, -0.05) is 31.4 Å². The maximum Gasteiger partial charge on any atom is 0.335 e. The number of hydrogen-bond acceptors (Lipinski definition) is 4. The predicted molar refractivity (Wildman–Crippen MR) is 104 cm³/mol. The van der Waals surface area contributed by atoms with Gasteiger partial charge in [-0.05, 0) is 54.8 Å². The molecular formula is C20H22N2O2S. The summed E-state index contributed by atoms with van der Waals surface area (Å²) in [6, 6.07) is 15.0. The number of carbonyl (C=O) groups is 1. The minimum atomic E-state index is -0.929. The molecular weight excluding hydrogens is 332 g/mol. The number of thioether (sulfide) groups is 1. The van der Waals surface area contributed by atoms with E-state index < -0.39 is 5.97 Å². The van der Waals surface area contributed by atoms with Gasteiger partial charge in [-0.3, -0.25) is 5.43 Å². The maximum absolute atomic E-state index is 10.8. The van der Waals surface area contributed by atoms with Crippen LogP contribution in [-0.2, 0) is 0 Å². The highest BCUT2D eigenvalue weighted by molar-refractivity contribution is 8.00. The molecule has 0 aromatic heterocycles. The Balaban J connectivity index is 1.52. The standard InChI is InChI=1S/C20H22N2O2S/c23-20(24)16-8-10-17(11-9-16)22-21-14-15-6-12-19(13-7-15)25-18-4-2-1-3-5-18/h6-14,18,22H,1-5H2,(H,23,24). The van der Waals surface area contributed by atoms with Crippen molar-refractivity contribution in [1.29, 1.82) is 0 Å². The Labute approximate surface area is 152 Å². The van der Waals surface area contributed by atoms with Crippen molar-refractivity contribution in [1.82, 2.24) is 0 Å². The molecule has 5 heteroatoms. The normalized spacial score (nSPS) is 15.4. The second-order valence-corrected chi connectivity index (χ2v) is 7.57. The van der Waals surface area contributed by atoms with E-state index in [1.54, 1.807) is 30.5 Å². The van der Waals surface area contributed by atoms with Crippen molar-refractivity contribution in [2.75, 3.05) is 5.43 Å². The van der Waals surface area contributed by atoms with Crippen LogP contribution in [0.2, 0.25) is 0 Å². The Bertz CT molecular complexity index is 720. The number of hydrazone groups is 1. The molecule has 1 aliphatic carbocycles. The van der Waals surface area contributed by atoms with Gasteiger partial charge in [0.2, 0.25) is 0 Å². The zero-order valence-corrected chi connectivity index (χ0v) is 14.8. The van der Waals surface area contributed by atoms with Crippen LogP contribution in [-0.4, -0.2) is 22.5 Å². The highest BCUT2D eigenvalue weighted by Gasteiger charge is 2.14. The average molecular weight is 354 g/mol. The number of hydrogen-bond donors (Lipinski definition) is 2. The fraction of sp³-hybridized carbons (Fsp3) is 0.300. The minimum Gasteiger partial charge on any atom is -0.478 e. The summed E-state index contributed by atoms with van der Waals surface area (Å²) in [5, 5.41) is 13.8. The van der Waals surface area contributed by atoms with Crippen LogP contribution in [0.4, 0.5) is 5.69 Å². The third-order valence-corrected chi connectivity index (χ3v) is 5.62. The number of carboxylic acids is 1.